The number of carbonyl (C=O) groups excluding carboxylic acids is 2. The molecule has 3 amide bonds. The first kappa shape index (κ1) is 24.4. The maximum atomic E-state index is 13.1. The molecular formula is C28H41N3O4. The van der Waals surface area contributed by atoms with Crippen LogP contribution in [0.5, 0.6) is 5.75 Å². The van der Waals surface area contributed by atoms with E-state index in [1.54, 1.807) is 0 Å². The highest BCUT2D eigenvalue weighted by molar-refractivity contribution is 5.94. The number of hydrogen-bond donors (Lipinski definition) is 3. The molecule has 4 bridgehead atoms. The van der Waals surface area contributed by atoms with Crippen LogP contribution in [-0.2, 0) is 0 Å². The van der Waals surface area contributed by atoms with Gasteiger partial charge >= 0.3 is 6.03 Å². The van der Waals surface area contributed by atoms with E-state index in [0.29, 0.717) is 35.8 Å². The average Bonchev–Trinajstić information content (AvgIpc) is 2.80. The number of urea groups is 1. The molecule has 1 aromatic rings. The second kappa shape index (κ2) is 10.00. The van der Waals surface area contributed by atoms with E-state index < -0.39 is 5.60 Å². The lowest BCUT2D eigenvalue weighted by Gasteiger charge is -2.58. The molecule has 1 aliphatic heterocycles. The summed E-state index contributed by atoms with van der Waals surface area (Å²) in [6.45, 7) is 6.16. The number of rotatable bonds is 7. The van der Waals surface area contributed by atoms with Crippen LogP contribution in [0.15, 0.2) is 24.3 Å². The SMILES string of the molecule is CC(C)NC(=O)N1CCC(CCOc2cccc(C(=O)NC3C4CC5CC3CC(O)(C5)C4)c2)CC1. The van der Waals surface area contributed by atoms with Gasteiger partial charge in [0.1, 0.15) is 5.75 Å². The van der Waals surface area contributed by atoms with Gasteiger partial charge in [0.05, 0.1) is 12.2 Å². The number of likely N-dealkylation sites (tertiary alicyclic amines) is 1. The van der Waals surface area contributed by atoms with E-state index in [4.69, 9.17) is 4.74 Å². The maximum Gasteiger partial charge on any atom is 0.317 e. The molecule has 1 saturated heterocycles. The van der Waals surface area contributed by atoms with Crippen molar-refractivity contribution in [3.63, 3.8) is 0 Å². The lowest BCUT2D eigenvalue weighted by Crippen LogP contribution is -2.61. The molecule has 5 fully saturated rings. The van der Waals surface area contributed by atoms with Gasteiger partial charge in [-0.15, -0.1) is 0 Å². The minimum absolute atomic E-state index is 0.0352. The molecular weight excluding hydrogens is 442 g/mol. The van der Waals surface area contributed by atoms with Gasteiger partial charge in [-0.2, -0.15) is 0 Å². The monoisotopic (exact) mass is 483 g/mol. The fourth-order valence-electron chi connectivity index (χ4n) is 7.29. The Balaban J connectivity index is 1.08. The van der Waals surface area contributed by atoms with Crippen LogP contribution in [0, 0.1) is 23.7 Å². The van der Waals surface area contributed by atoms with Gasteiger partial charge in [-0.05, 0) is 107 Å². The minimum atomic E-state index is -0.484. The van der Waals surface area contributed by atoms with Gasteiger partial charge in [0.25, 0.3) is 5.91 Å². The van der Waals surface area contributed by atoms with E-state index in [0.717, 1.165) is 70.2 Å². The van der Waals surface area contributed by atoms with Crippen LogP contribution in [0.2, 0.25) is 0 Å². The summed E-state index contributed by atoms with van der Waals surface area (Å²) in [5, 5.41) is 17.1. The van der Waals surface area contributed by atoms with Crippen LogP contribution in [0.4, 0.5) is 4.79 Å². The van der Waals surface area contributed by atoms with Gasteiger partial charge < -0.3 is 25.4 Å². The van der Waals surface area contributed by atoms with E-state index >= 15 is 0 Å². The first-order valence-electron chi connectivity index (χ1n) is 13.6. The van der Waals surface area contributed by atoms with Gasteiger partial charge in [0.2, 0.25) is 0 Å². The highest BCUT2D eigenvalue weighted by Crippen LogP contribution is 2.55. The Morgan fingerprint density at radius 2 is 1.86 bits per heavy atom. The summed E-state index contributed by atoms with van der Waals surface area (Å²) in [6, 6.07) is 7.87. The molecule has 35 heavy (non-hydrogen) atoms. The number of nitrogens with one attached hydrogen (secondary N) is 2. The van der Waals surface area contributed by atoms with Crippen molar-refractivity contribution in [2.24, 2.45) is 23.7 Å². The van der Waals surface area contributed by atoms with Crippen LogP contribution >= 0.6 is 0 Å². The van der Waals surface area contributed by atoms with Crippen molar-refractivity contribution < 1.29 is 19.4 Å². The fraction of sp³-hybridized carbons (Fsp3) is 0.714. The van der Waals surface area contributed by atoms with Crippen molar-refractivity contribution in [1.82, 2.24) is 15.5 Å². The third-order valence-electron chi connectivity index (χ3n) is 8.74. The average molecular weight is 484 g/mol. The molecule has 3 N–H and O–H groups in total. The van der Waals surface area contributed by atoms with Crippen LogP contribution in [0.1, 0.15) is 75.6 Å². The first-order chi connectivity index (χ1) is 16.8. The van der Waals surface area contributed by atoms with Crippen molar-refractivity contribution in [2.75, 3.05) is 19.7 Å². The summed E-state index contributed by atoms with van der Waals surface area (Å²) in [6.07, 6.45) is 7.82. The second-order valence-electron chi connectivity index (χ2n) is 11.9. The lowest BCUT2D eigenvalue weighted by molar-refractivity contribution is -0.136. The van der Waals surface area contributed by atoms with E-state index in [1.165, 1.54) is 0 Å². The van der Waals surface area contributed by atoms with Crippen LogP contribution in [0.25, 0.3) is 0 Å². The number of amides is 3. The first-order valence-corrected chi connectivity index (χ1v) is 13.6. The predicted molar refractivity (Wildman–Crippen MR) is 134 cm³/mol. The van der Waals surface area contributed by atoms with Crippen molar-refractivity contribution in [1.29, 1.82) is 0 Å². The highest BCUT2D eigenvalue weighted by atomic mass is 16.5. The Morgan fingerprint density at radius 1 is 1.14 bits per heavy atom. The Bertz CT molecular complexity index is 911. The molecule has 0 radical (unpaired) electrons. The zero-order valence-corrected chi connectivity index (χ0v) is 21.2. The van der Waals surface area contributed by atoms with E-state index in [-0.39, 0.29) is 24.0 Å². The summed E-state index contributed by atoms with van der Waals surface area (Å²) < 4.78 is 6.02. The molecule has 1 heterocycles. The van der Waals surface area contributed by atoms with Crippen molar-refractivity contribution in [2.45, 2.75) is 82.9 Å². The third-order valence-corrected chi connectivity index (χ3v) is 8.74. The Kier molecular flexibility index (Phi) is 6.97. The number of benzene rings is 1. The summed E-state index contributed by atoms with van der Waals surface area (Å²) in [4.78, 5) is 27.1. The molecule has 6 rings (SSSR count). The number of ether oxygens (including phenoxy) is 1. The molecule has 192 valence electrons. The Labute approximate surface area is 209 Å². The lowest BCUT2D eigenvalue weighted by atomic mass is 9.52. The maximum absolute atomic E-state index is 13.1. The highest BCUT2D eigenvalue weighted by Gasteiger charge is 2.55. The number of hydrogen-bond acceptors (Lipinski definition) is 4. The van der Waals surface area contributed by atoms with E-state index in [2.05, 4.69) is 10.6 Å². The quantitative estimate of drug-likeness (QED) is 0.548. The van der Waals surface area contributed by atoms with Crippen LogP contribution < -0.4 is 15.4 Å². The molecule has 4 aliphatic carbocycles. The molecule has 7 nitrogen and oxygen atoms in total. The second-order valence-corrected chi connectivity index (χ2v) is 11.9. The van der Waals surface area contributed by atoms with Gasteiger partial charge in [0.15, 0.2) is 0 Å². The van der Waals surface area contributed by atoms with Gasteiger partial charge in [0, 0.05) is 30.7 Å². The minimum Gasteiger partial charge on any atom is -0.494 e. The largest absolute Gasteiger partial charge is 0.494 e. The summed E-state index contributed by atoms with van der Waals surface area (Å²) in [7, 11) is 0. The van der Waals surface area contributed by atoms with E-state index in [1.807, 2.05) is 43.0 Å². The smallest absolute Gasteiger partial charge is 0.317 e. The summed E-state index contributed by atoms with van der Waals surface area (Å²) in [5.41, 5.74) is 0.155. The topological polar surface area (TPSA) is 90.9 Å². The zero-order valence-electron chi connectivity index (χ0n) is 21.2. The summed E-state index contributed by atoms with van der Waals surface area (Å²) >= 11 is 0. The molecule has 4 saturated carbocycles. The number of nitrogens with zero attached hydrogens (tertiary/aromatic N) is 1. The molecule has 0 aromatic heterocycles. The van der Waals surface area contributed by atoms with Crippen molar-refractivity contribution >= 4 is 11.9 Å². The molecule has 5 aliphatic rings. The molecule has 7 heteroatoms. The molecule has 2 unspecified atom stereocenters. The van der Waals surface area contributed by atoms with Gasteiger partial charge in [-0.1, -0.05) is 6.07 Å². The Morgan fingerprint density at radius 3 is 2.51 bits per heavy atom. The summed E-state index contributed by atoms with van der Waals surface area (Å²) in [5.74, 6) is 2.68. The Hall–Kier alpha value is -2.28. The van der Waals surface area contributed by atoms with Gasteiger partial charge in [-0.3, -0.25) is 4.79 Å². The standard InChI is InChI=1S/C28H41N3O4/c1-18(2)29-27(33)31-9-6-19(7-10-31)8-11-35-24-5-3-4-21(14-24)26(32)30-25-22-12-20-13-23(25)17-28(34,15-20)16-22/h3-5,14,18-20,22-23,25,34H,6-13,15-17H2,1-2H3,(H,29,33)(H,30,32). The van der Waals surface area contributed by atoms with Crippen LogP contribution in [-0.4, -0.2) is 59.3 Å². The van der Waals surface area contributed by atoms with Crippen LogP contribution in [0.3, 0.4) is 0 Å². The van der Waals surface area contributed by atoms with Crippen molar-refractivity contribution in [3.8, 4) is 5.75 Å². The number of piperidine rings is 1. The number of aliphatic hydroxyl groups is 1. The molecule has 2 atom stereocenters. The normalized spacial score (nSPS) is 32.1. The van der Waals surface area contributed by atoms with E-state index in [9.17, 15) is 14.7 Å². The predicted octanol–water partition coefficient (Wildman–Crippen LogP) is 3.95. The van der Waals surface area contributed by atoms with Gasteiger partial charge in [-0.25, -0.2) is 4.79 Å². The fourth-order valence-corrected chi connectivity index (χ4v) is 7.29. The zero-order chi connectivity index (χ0) is 24.6. The molecule has 1 aromatic carbocycles. The number of carbonyl (C=O) groups is 2. The molecule has 0 spiro atoms. The third kappa shape index (κ3) is 5.60. The van der Waals surface area contributed by atoms with Crippen molar-refractivity contribution in [3.05, 3.63) is 29.8 Å².